The Bertz CT molecular complexity index is 870. The second-order valence-corrected chi connectivity index (χ2v) is 6.23. The van der Waals surface area contributed by atoms with Crippen molar-refractivity contribution < 1.29 is 9.59 Å². The average Bonchev–Trinajstić information content (AvgIpc) is 2.99. The van der Waals surface area contributed by atoms with Crippen molar-refractivity contribution in [3.63, 3.8) is 0 Å². The van der Waals surface area contributed by atoms with Crippen LogP contribution in [-0.4, -0.2) is 22.1 Å². The Morgan fingerprint density at radius 1 is 1.04 bits per heavy atom. The van der Waals surface area contributed by atoms with E-state index in [1.807, 2.05) is 36.4 Å². The maximum absolute atomic E-state index is 12.0. The van der Waals surface area contributed by atoms with Gasteiger partial charge in [0.15, 0.2) is 0 Å². The highest BCUT2D eigenvalue weighted by Crippen LogP contribution is 2.23. The molecule has 0 atom stereocenters. The first kappa shape index (κ1) is 15.4. The van der Waals surface area contributed by atoms with Gasteiger partial charge in [-0.2, -0.15) is 0 Å². The van der Waals surface area contributed by atoms with Crippen LogP contribution < -0.4 is 5.32 Å². The SMILES string of the molecule is Cn1cccc1C(=O)NC(=O)CSc1ccc2ccccc2c1. The van der Waals surface area contributed by atoms with E-state index in [9.17, 15) is 9.59 Å². The van der Waals surface area contributed by atoms with Crippen LogP contribution in [0.5, 0.6) is 0 Å². The zero-order valence-electron chi connectivity index (χ0n) is 12.7. The molecule has 1 N–H and O–H groups in total. The van der Waals surface area contributed by atoms with Gasteiger partial charge in [-0.1, -0.05) is 30.3 Å². The van der Waals surface area contributed by atoms with Crippen LogP contribution in [0.3, 0.4) is 0 Å². The van der Waals surface area contributed by atoms with Gasteiger partial charge in [0, 0.05) is 18.1 Å². The Labute approximate surface area is 138 Å². The Morgan fingerprint density at radius 3 is 2.57 bits per heavy atom. The normalized spacial score (nSPS) is 10.7. The third-order valence-corrected chi connectivity index (χ3v) is 4.51. The molecular weight excluding hydrogens is 308 g/mol. The number of hydrogen-bond donors (Lipinski definition) is 1. The van der Waals surface area contributed by atoms with Crippen LogP contribution in [0, 0.1) is 0 Å². The average molecular weight is 324 g/mol. The van der Waals surface area contributed by atoms with Crippen molar-refractivity contribution >= 4 is 34.3 Å². The summed E-state index contributed by atoms with van der Waals surface area (Å²) < 4.78 is 1.68. The highest BCUT2D eigenvalue weighted by Gasteiger charge is 2.12. The van der Waals surface area contributed by atoms with Gasteiger partial charge in [-0.05, 0) is 35.0 Å². The highest BCUT2D eigenvalue weighted by atomic mass is 32.2. The van der Waals surface area contributed by atoms with Crippen molar-refractivity contribution in [2.45, 2.75) is 4.90 Å². The summed E-state index contributed by atoms with van der Waals surface area (Å²) in [6.07, 6.45) is 1.77. The molecule has 0 radical (unpaired) electrons. The van der Waals surface area contributed by atoms with Crippen LogP contribution in [0.2, 0.25) is 0 Å². The standard InChI is InChI=1S/C18H16N2O2S/c1-20-10-4-7-16(20)18(22)19-17(21)12-23-15-9-8-13-5-2-3-6-14(13)11-15/h2-11H,12H2,1H3,(H,19,21,22). The van der Waals surface area contributed by atoms with Gasteiger partial charge in [0.05, 0.1) is 5.75 Å². The largest absolute Gasteiger partial charge is 0.347 e. The van der Waals surface area contributed by atoms with Crippen LogP contribution >= 0.6 is 11.8 Å². The van der Waals surface area contributed by atoms with E-state index < -0.39 is 0 Å². The van der Waals surface area contributed by atoms with E-state index in [1.165, 1.54) is 17.1 Å². The third-order valence-electron chi connectivity index (χ3n) is 3.52. The molecule has 0 saturated heterocycles. The van der Waals surface area contributed by atoms with Crippen molar-refractivity contribution in [1.82, 2.24) is 9.88 Å². The molecule has 2 aromatic carbocycles. The van der Waals surface area contributed by atoms with Gasteiger partial charge in [-0.3, -0.25) is 14.9 Å². The number of carbonyl (C=O) groups excluding carboxylic acids is 2. The Hall–Kier alpha value is -2.53. The molecule has 2 amide bonds. The number of aromatic nitrogens is 1. The van der Waals surface area contributed by atoms with Gasteiger partial charge in [0.25, 0.3) is 5.91 Å². The fraction of sp³-hybridized carbons (Fsp3) is 0.111. The van der Waals surface area contributed by atoms with Crippen LogP contribution in [0.1, 0.15) is 10.5 Å². The molecule has 0 spiro atoms. The van der Waals surface area contributed by atoms with E-state index >= 15 is 0 Å². The molecule has 116 valence electrons. The molecule has 0 aliphatic rings. The van der Waals surface area contributed by atoms with Gasteiger partial charge < -0.3 is 4.57 Å². The summed E-state index contributed by atoms with van der Waals surface area (Å²) in [5, 5.41) is 4.71. The monoisotopic (exact) mass is 324 g/mol. The topological polar surface area (TPSA) is 51.1 Å². The predicted molar refractivity (Wildman–Crippen MR) is 92.6 cm³/mol. The number of rotatable bonds is 4. The number of aryl methyl sites for hydroxylation is 1. The van der Waals surface area contributed by atoms with Crippen LogP contribution in [0.25, 0.3) is 10.8 Å². The number of hydrogen-bond acceptors (Lipinski definition) is 3. The second-order valence-electron chi connectivity index (χ2n) is 5.18. The zero-order valence-corrected chi connectivity index (χ0v) is 13.5. The fourth-order valence-corrected chi connectivity index (χ4v) is 3.07. The van der Waals surface area contributed by atoms with Crippen LogP contribution in [-0.2, 0) is 11.8 Å². The van der Waals surface area contributed by atoms with Crippen molar-refractivity contribution in [2.75, 3.05) is 5.75 Å². The van der Waals surface area contributed by atoms with Crippen LogP contribution in [0.15, 0.2) is 65.7 Å². The van der Waals surface area contributed by atoms with E-state index in [0.717, 1.165) is 10.3 Å². The minimum absolute atomic E-state index is 0.203. The summed E-state index contributed by atoms with van der Waals surface area (Å²) in [6.45, 7) is 0. The summed E-state index contributed by atoms with van der Waals surface area (Å²) in [4.78, 5) is 24.9. The first-order valence-electron chi connectivity index (χ1n) is 7.20. The number of nitrogens with one attached hydrogen (secondary N) is 1. The summed E-state index contributed by atoms with van der Waals surface area (Å²) in [6, 6.07) is 17.6. The second kappa shape index (κ2) is 6.71. The van der Waals surface area contributed by atoms with E-state index in [1.54, 1.807) is 29.9 Å². The summed E-state index contributed by atoms with van der Waals surface area (Å²) in [5.74, 6) is -0.468. The number of fused-ring (bicyclic) bond motifs is 1. The van der Waals surface area contributed by atoms with E-state index in [4.69, 9.17) is 0 Å². The molecule has 3 aromatic rings. The number of nitrogens with zero attached hydrogens (tertiary/aromatic N) is 1. The smallest absolute Gasteiger partial charge is 0.274 e. The number of thioether (sulfide) groups is 1. The molecule has 5 heteroatoms. The van der Waals surface area contributed by atoms with Crippen molar-refractivity contribution in [1.29, 1.82) is 0 Å². The van der Waals surface area contributed by atoms with Crippen molar-refractivity contribution in [3.8, 4) is 0 Å². The summed E-state index contributed by atoms with van der Waals surface area (Å²) in [7, 11) is 1.77. The molecule has 3 rings (SSSR count). The van der Waals surface area contributed by atoms with Crippen molar-refractivity contribution in [3.05, 3.63) is 66.5 Å². The Balaban J connectivity index is 1.59. The van der Waals surface area contributed by atoms with E-state index in [2.05, 4.69) is 11.4 Å². The molecule has 1 heterocycles. The molecule has 4 nitrogen and oxygen atoms in total. The molecule has 0 saturated carbocycles. The number of benzene rings is 2. The lowest BCUT2D eigenvalue weighted by molar-refractivity contribution is -0.117. The van der Waals surface area contributed by atoms with E-state index in [-0.39, 0.29) is 17.6 Å². The van der Waals surface area contributed by atoms with Crippen LogP contribution in [0.4, 0.5) is 0 Å². The van der Waals surface area contributed by atoms with Crippen molar-refractivity contribution in [2.24, 2.45) is 7.05 Å². The number of imide groups is 1. The molecule has 1 aromatic heterocycles. The maximum atomic E-state index is 12.0. The Morgan fingerprint density at radius 2 is 1.83 bits per heavy atom. The Kier molecular flexibility index (Phi) is 4.48. The van der Waals surface area contributed by atoms with Gasteiger partial charge in [0.2, 0.25) is 5.91 Å². The first-order valence-corrected chi connectivity index (χ1v) is 8.19. The molecular formula is C18H16N2O2S. The molecule has 0 bridgehead atoms. The number of carbonyl (C=O) groups is 2. The quantitative estimate of drug-likeness (QED) is 0.750. The lowest BCUT2D eigenvalue weighted by atomic mass is 10.1. The molecule has 23 heavy (non-hydrogen) atoms. The molecule has 0 unspecified atom stereocenters. The van der Waals surface area contributed by atoms with Gasteiger partial charge in [0.1, 0.15) is 5.69 Å². The number of amides is 2. The predicted octanol–water partition coefficient (Wildman–Crippen LogP) is 3.23. The maximum Gasteiger partial charge on any atom is 0.274 e. The minimum atomic E-state index is -0.374. The lowest BCUT2D eigenvalue weighted by Gasteiger charge is -2.06. The molecule has 0 aliphatic heterocycles. The molecule has 0 aliphatic carbocycles. The minimum Gasteiger partial charge on any atom is -0.347 e. The van der Waals surface area contributed by atoms with Gasteiger partial charge in [-0.25, -0.2) is 0 Å². The van der Waals surface area contributed by atoms with E-state index in [0.29, 0.717) is 5.69 Å². The summed E-state index contributed by atoms with van der Waals surface area (Å²) >= 11 is 1.42. The van der Waals surface area contributed by atoms with Gasteiger partial charge in [-0.15, -0.1) is 11.8 Å². The highest BCUT2D eigenvalue weighted by molar-refractivity contribution is 8.00. The third kappa shape index (κ3) is 3.63. The zero-order chi connectivity index (χ0) is 16.2. The van der Waals surface area contributed by atoms with Gasteiger partial charge >= 0.3 is 0 Å². The summed E-state index contributed by atoms with van der Waals surface area (Å²) in [5.41, 5.74) is 0.467. The molecule has 0 fully saturated rings. The lowest BCUT2D eigenvalue weighted by Crippen LogP contribution is -2.32. The fourth-order valence-electron chi connectivity index (χ4n) is 2.33. The first-order chi connectivity index (χ1) is 11.1.